The number of aliphatic carboxylic acids is 1. The predicted octanol–water partition coefficient (Wildman–Crippen LogP) is -0.259. The number of fused-ring (bicyclic) bond motifs is 4. The second-order valence-corrected chi connectivity index (χ2v) is 24.6. The first kappa shape index (κ1) is 74.6. The molecule has 0 aliphatic heterocycles. The Kier molecular flexibility index (Phi) is 26.9. The van der Waals surface area contributed by atoms with Crippen LogP contribution in [0, 0.1) is 21.6 Å². The van der Waals surface area contributed by atoms with Gasteiger partial charge in [-0.15, -0.1) is 0 Å². The second-order valence-electron chi connectivity index (χ2n) is 24.6. The summed E-state index contributed by atoms with van der Waals surface area (Å²) in [5.41, 5.74) is 34.4. The molecule has 0 unspecified atom stereocenters. The molecule has 0 saturated carbocycles. The SMILES string of the molecule is N=C(N)NCCC[C@H](NC(=O)[C@H](CCCNC(=N)N)NC(=O)[C@H](Cc1c[nH]c2ccccc12)NC(=O)[C@H](Cc1c[nH]c2ccccc12)NC(=O)[C@H](CCCNC(=N)N)NC(=O)[C@H](CCCNC(=N)N)NC(=O)[C@H](Cc1c[nH]c2ccccc12)NC(=O)[C@@H](N)Cc1c[nH]c2ccccc12)C(=O)O. The molecule has 33 heteroatoms. The van der Waals surface area contributed by atoms with E-state index in [0.717, 1.165) is 27.4 Å². The lowest BCUT2D eigenvalue weighted by Crippen LogP contribution is -2.61. The molecule has 0 fully saturated rings. The molecule has 101 heavy (non-hydrogen) atoms. The Balaban J connectivity index is 1.09. The minimum atomic E-state index is -1.54. The Morgan fingerprint density at radius 3 is 0.842 bits per heavy atom. The van der Waals surface area contributed by atoms with Gasteiger partial charge in [0.1, 0.15) is 42.3 Å². The summed E-state index contributed by atoms with van der Waals surface area (Å²) in [4.78, 5) is 130. The number of hydrogen-bond donors (Lipinski definition) is 25. The zero-order valence-corrected chi connectivity index (χ0v) is 55.6. The van der Waals surface area contributed by atoms with E-state index in [1.54, 1.807) is 55.1 Å². The lowest BCUT2D eigenvalue weighted by molar-refractivity contribution is -0.142. The average molecular weight is 1390 g/mol. The van der Waals surface area contributed by atoms with Crippen molar-refractivity contribution in [1.82, 2.24) is 78.4 Å². The fourth-order valence-electron chi connectivity index (χ4n) is 11.9. The number of nitrogens with two attached hydrogens (primary N) is 5. The summed E-state index contributed by atoms with van der Waals surface area (Å²) in [6.45, 7) is 0.340. The Bertz CT molecular complexity index is 4250. The molecule has 0 aliphatic rings. The maximum Gasteiger partial charge on any atom is 0.326 e. The molecule has 7 amide bonds. The van der Waals surface area contributed by atoms with E-state index in [1.165, 1.54) is 0 Å². The van der Waals surface area contributed by atoms with Crippen LogP contribution in [0.15, 0.2) is 122 Å². The molecule has 0 spiro atoms. The van der Waals surface area contributed by atoms with E-state index in [2.05, 4.69) is 78.4 Å². The predicted molar refractivity (Wildman–Crippen MR) is 384 cm³/mol. The van der Waals surface area contributed by atoms with Crippen molar-refractivity contribution in [2.24, 2.45) is 28.7 Å². The minimum absolute atomic E-state index is 0.0508. The summed E-state index contributed by atoms with van der Waals surface area (Å²) in [6, 6.07) is 18.0. The highest BCUT2D eigenvalue weighted by Gasteiger charge is 2.36. The summed E-state index contributed by atoms with van der Waals surface area (Å²) in [5, 5.41) is 73.9. The van der Waals surface area contributed by atoms with Crippen LogP contribution in [-0.2, 0) is 64.0 Å². The average Bonchev–Trinajstić information content (AvgIpc) is 1.73. The number of carboxylic acid groups (broad SMARTS) is 1. The summed E-state index contributed by atoms with van der Waals surface area (Å²) in [5.74, 6) is -8.65. The van der Waals surface area contributed by atoms with Gasteiger partial charge in [0, 0.05) is 114 Å². The molecule has 0 aliphatic carbocycles. The van der Waals surface area contributed by atoms with Crippen molar-refractivity contribution < 1.29 is 43.5 Å². The Labute approximate surface area is 580 Å². The molecule has 0 radical (unpaired) electrons. The zero-order chi connectivity index (χ0) is 72.5. The summed E-state index contributed by atoms with van der Waals surface area (Å²) in [7, 11) is 0. The van der Waals surface area contributed by atoms with E-state index < -0.39 is 95.7 Å². The fraction of sp³-hybridized carbons (Fsp3) is 0.353. The molecular weight excluding hydrogens is 1300 g/mol. The normalized spacial score (nSPS) is 13.6. The summed E-state index contributed by atoms with van der Waals surface area (Å²) in [6.07, 6.45) is 6.54. The van der Waals surface area contributed by atoms with Crippen LogP contribution in [0.25, 0.3) is 43.6 Å². The molecule has 536 valence electrons. The van der Waals surface area contributed by atoms with Crippen LogP contribution in [0.1, 0.15) is 73.6 Å². The number of carbonyl (C=O) groups is 8. The standard InChI is InChI=1S/C68H90N24O9/c69-45(29-37-33-82-46-17-5-1-13-41(37)46)57(93)90-54(30-38-34-83-47-18-6-2-14-42(38)47)61(97)87-50(21-9-25-78-65(70)71)58(94)86-52(23-11-27-80-67(74)75)60(96)91-56(32-40-36-85-49-20-8-4-16-44(40)49)63(99)92-55(31-39-35-84-48-19-7-3-15-43(39)48)62(98)88-51(22-10-26-79-66(72)73)59(95)89-53(64(100)101)24-12-28-81-68(76)77/h1-8,13-20,33-36,45,50-56,82-85H,9-12,21-32,69H2,(H,86,94)(H,87,97)(H,88,98)(H,89,95)(H,90,93)(H,91,96)(H,92,99)(H,100,101)(H4,70,71,78)(H4,72,73,79)(H4,74,75,80)(H4,76,77,81)/t45-,50-,51-,52-,53-,54-,55-,56-/m0/s1. The smallest absolute Gasteiger partial charge is 0.326 e. The number of aromatic nitrogens is 4. The highest BCUT2D eigenvalue weighted by atomic mass is 16.4. The van der Waals surface area contributed by atoms with Crippen molar-refractivity contribution in [2.45, 2.75) is 125 Å². The van der Waals surface area contributed by atoms with E-state index in [-0.39, 0.29) is 127 Å². The van der Waals surface area contributed by atoms with Crippen molar-refractivity contribution in [3.63, 3.8) is 0 Å². The minimum Gasteiger partial charge on any atom is -0.480 e. The van der Waals surface area contributed by atoms with Gasteiger partial charge in [-0.2, -0.15) is 0 Å². The first-order valence-corrected chi connectivity index (χ1v) is 33.1. The molecule has 8 rings (SSSR count). The third-order valence-electron chi connectivity index (χ3n) is 17.1. The number of carbonyl (C=O) groups excluding carboxylic acids is 7. The molecule has 4 heterocycles. The topological polar surface area (TPSA) is 578 Å². The van der Waals surface area contributed by atoms with Gasteiger partial charge in [0.05, 0.1) is 6.04 Å². The number of nitrogens with one attached hydrogen (secondary N) is 19. The summed E-state index contributed by atoms with van der Waals surface area (Å²) < 4.78 is 0. The highest BCUT2D eigenvalue weighted by molar-refractivity contribution is 5.99. The van der Waals surface area contributed by atoms with E-state index in [0.29, 0.717) is 38.5 Å². The van der Waals surface area contributed by atoms with Gasteiger partial charge in [-0.3, -0.25) is 55.2 Å². The molecule has 4 aromatic heterocycles. The number of hydrogen-bond acceptors (Lipinski definition) is 13. The van der Waals surface area contributed by atoms with Crippen molar-refractivity contribution >= 4 is 115 Å². The highest BCUT2D eigenvalue weighted by Crippen LogP contribution is 2.24. The van der Waals surface area contributed by atoms with E-state index in [9.17, 15) is 24.3 Å². The number of H-pyrrole nitrogens is 4. The van der Waals surface area contributed by atoms with Crippen molar-refractivity contribution in [3.05, 3.63) is 144 Å². The van der Waals surface area contributed by atoms with E-state index >= 15 is 19.2 Å². The monoisotopic (exact) mass is 1390 g/mol. The van der Waals surface area contributed by atoms with Crippen LogP contribution in [0.4, 0.5) is 0 Å². The van der Waals surface area contributed by atoms with Gasteiger partial charge in [0.25, 0.3) is 0 Å². The lowest BCUT2D eigenvalue weighted by Gasteiger charge is -2.28. The molecule has 0 saturated heterocycles. The maximum absolute atomic E-state index is 15.4. The van der Waals surface area contributed by atoms with Crippen molar-refractivity contribution in [2.75, 3.05) is 26.2 Å². The zero-order valence-electron chi connectivity index (χ0n) is 55.6. The molecule has 33 nitrogen and oxygen atoms in total. The van der Waals surface area contributed by atoms with Gasteiger partial charge >= 0.3 is 5.97 Å². The van der Waals surface area contributed by atoms with Gasteiger partial charge in [-0.05, 0) is 104 Å². The molecule has 8 aromatic rings. The Morgan fingerprint density at radius 1 is 0.337 bits per heavy atom. The van der Waals surface area contributed by atoms with Crippen LogP contribution in [0.2, 0.25) is 0 Å². The van der Waals surface area contributed by atoms with Crippen LogP contribution in [0.5, 0.6) is 0 Å². The van der Waals surface area contributed by atoms with Crippen molar-refractivity contribution in [3.8, 4) is 0 Å². The Hall–Kier alpha value is -12.2. The number of para-hydroxylation sites is 4. The number of benzene rings is 4. The first-order valence-electron chi connectivity index (χ1n) is 33.1. The van der Waals surface area contributed by atoms with Crippen LogP contribution >= 0.6 is 0 Å². The molecule has 0 bridgehead atoms. The number of guanidine groups is 4. The van der Waals surface area contributed by atoms with Gasteiger partial charge in [0.2, 0.25) is 41.4 Å². The first-order chi connectivity index (χ1) is 48.5. The molecule has 8 atom stereocenters. The van der Waals surface area contributed by atoms with Crippen LogP contribution < -0.4 is 87.2 Å². The quantitative estimate of drug-likeness (QED) is 0.0134. The van der Waals surface area contributed by atoms with Gasteiger partial charge in [0.15, 0.2) is 23.8 Å². The van der Waals surface area contributed by atoms with Crippen LogP contribution in [0.3, 0.4) is 0 Å². The summed E-state index contributed by atoms with van der Waals surface area (Å²) >= 11 is 0. The lowest BCUT2D eigenvalue weighted by atomic mass is 10.00. The maximum atomic E-state index is 15.4. The van der Waals surface area contributed by atoms with E-state index in [4.69, 9.17) is 50.3 Å². The molecule has 4 aromatic carbocycles. The largest absolute Gasteiger partial charge is 0.480 e. The number of carboxylic acids is 1. The molecular formula is C68H90N24O9. The Morgan fingerprint density at radius 2 is 0.564 bits per heavy atom. The van der Waals surface area contributed by atoms with Crippen molar-refractivity contribution in [1.29, 1.82) is 21.6 Å². The van der Waals surface area contributed by atoms with Crippen LogP contribution in [-0.4, -0.2) is 171 Å². The second kappa shape index (κ2) is 36.4. The number of rotatable bonds is 39. The number of amides is 7. The van der Waals surface area contributed by atoms with Gasteiger partial charge in [-0.1, -0.05) is 72.8 Å². The third-order valence-corrected chi connectivity index (χ3v) is 17.1. The third kappa shape index (κ3) is 21.9. The fourth-order valence-corrected chi connectivity index (χ4v) is 11.9. The molecule has 30 N–H and O–H groups in total. The van der Waals surface area contributed by atoms with Gasteiger partial charge in [-0.25, -0.2) is 4.79 Å². The van der Waals surface area contributed by atoms with Gasteiger partial charge < -0.3 is 112 Å². The van der Waals surface area contributed by atoms with E-state index in [1.807, 2.05) is 66.7 Å². The number of aromatic amines is 4.